The van der Waals surface area contributed by atoms with Gasteiger partial charge in [0.15, 0.2) is 0 Å². The van der Waals surface area contributed by atoms with Crippen LogP contribution in [0.5, 0.6) is 0 Å². The van der Waals surface area contributed by atoms with Gasteiger partial charge in [-0.3, -0.25) is 4.55 Å². The topological polar surface area (TPSA) is 63.6 Å². The Bertz CT molecular complexity index is 507. The molecule has 1 aromatic rings. The van der Waals surface area contributed by atoms with Gasteiger partial charge in [0.2, 0.25) is 0 Å². The summed E-state index contributed by atoms with van der Waals surface area (Å²) in [5, 5.41) is 0. The third-order valence-corrected chi connectivity index (χ3v) is 4.54. The van der Waals surface area contributed by atoms with Gasteiger partial charge in [-0.2, -0.15) is 8.42 Å². The second-order valence-electron chi connectivity index (χ2n) is 5.11. The van der Waals surface area contributed by atoms with Crippen molar-refractivity contribution in [2.45, 2.75) is 43.6 Å². The second-order valence-corrected chi connectivity index (χ2v) is 6.54. The lowest BCUT2D eigenvalue weighted by Gasteiger charge is -2.29. The van der Waals surface area contributed by atoms with Crippen molar-refractivity contribution in [1.82, 2.24) is 0 Å². The van der Waals surface area contributed by atoms with Crippen LogP contribution in [0.15, 0.2) is 29.2 Å². The van der Waals surface area contributed by atoms with Gasteiger partial charge in [-0.05, 0) is 49.3 Å². The molecule has 1 heterocycles. The molecule has 5 heteroatoms. The van der Waals surface area contributed by atoms with E-state index in [9.17, 15) is 8.42 Å². The number of ether oxygens (including phenoxy) is 1. The molecule has 2 unspecified atom stereocenters. The van der Waals surface area contributed by atoms with Gasteiger partial charge in [0, 0.05) is 6.61 Å². The molecule has 0 saturated carbocycles. The number of hydrogen-bond acceptors (Lipinski definition) is 3. The Hall–Kier alpha value is -0.910. The highest BCUT2D eigenvalue weighted by Gasteiger charge is 2.21. The Balaban J connectivity index is 2.00. The zero-order valence-electron chi connectivity index (χ0n) is 11.1. The molecule has 4 nitrogen and oxygen atoms in total. The SMILES string of the molecule is CCC1CC(Cc2ccc(S(=O)(=O)O)cc2)CCO1. The van der Waals surface area contributed by atoms with Gasteiger partial charge >= 0.3 is 0 Å². The summed E-state index contributed by atoms with van der Waals surface area (Å²) >= 11 is 0. The highest BCUT2D eigenvalue weighted by atomic mass is 32.2. The van der Waals surface area contributed by atoms with Crippen LogP contribution in [0, 0.1) is 5.92 Å². The number of rotatable bonds is 4. The molecule has 1 N–H and O–H groups in total. The fourth-order valence-corrected chi connectivity index (χ4v) is 3.04. The van der Waals surface area contributed by atoms with E-state index >= 15 is 0 Å². The molecular weight excluding hydrogens is 264 g/mol. The monoisotopic (exact) mass is 284 g/mol. The predicted octanol–water partition coefficient (Wildman–Crippen LogP) is 2.68. The first-order valence-electron chi connectivity index (χ1n) is 6.67. The van der Waals surface area contributed by atoms with Crippen molar-refractivity contribution in [3.8, 4) is 0 Å². The molecular formula is C14H20O4S. The van der Waals surface area contributed by atoms with Gasteiger partial charge in [0.1, 0.15) is 0 Å². The van der Waals surface area contributed by atoms with E-state index in [-0.39, 0.29) is 4.90 Å². The van der Waals surface area contributed by atoms with Crippen LogP contribution in [0.1, 0.15) is 31.7 Å². The summed E-state index contributed by atoms with van der Waals surface area (Å²) in [6.45, 7) is 2.94. The van der Waals surface area contributed by atoms with Crippen LogP contribution < -0.4 is 0 Å². The first-order chi connectivity index (χ1) is 8.99. The molecule has 0 bridgehead atoms. The van der Waals surface area contributed by atoms with E-state index in [1.165, 1.54) is 12.1 Å². The molecule has 1 fully saturated rings. The Kier molecular flexibility index (Phi) is 4.60. The average Bonchev–Trinajstić information content (AvgIpc) is 2.38. The van der Waals surface area contributed by atoms with Gasteiger partial charge in [-0.1, -0.05) is 19.1 Å². The summed E-state index contributed by atoms with van der Waals surface area (Å²) in [5.41, 5.74) is 1.11. The molecule has 0 radical (unpaired) electrons. The van der Waals surface area contributed by atoms with E-state index in [4.69, 9.17) is 9.29 Å². The first-order valence-corrected chi connectivity index (χ1v) is 8.11. The minimum atomic E-state index is -4.09. The Morgan fingerprint density at radius 1 is 1.32 bits per heavy atom. The van der Waals surface area contributed by atoms with Gasteiger partial charge in [-0.25, -0.2) is 0 Å². The fourth-order valence-electron chi connectivity index (χ4n) is 2.56. The Morgan fingerprint density at radius 2 is 2.00 bits per heavy atom. The molecule has 2 rings (SSSR count). The highest BCUT2D eigenvalue weighted by Crippen LogP contribution is 2.25. The molecule has 19 heavy (non-hydrogen) atoms. The van der Waals surface area contributed by atoms with E-state index in [2.05, 4.69) is 6.92 Å². The summed E-state index contributed by atoms with van der Waals surface area (Å²) < 4.78 is 36.5. The minimum absolute atomic E-state index is 0.0466. The maximum absolute atomic E-state index is 11.0. The highest BCUT2D eigenvalue weighted by molar-refractivity contribution is 7.85. The summed E-state index contributed by atoms with van der Waals surface area (Å²) in [4.78, 5) is -0.0466. The van der Waals surface area contributed by atoms with Crippen molar-refractivity contribution in [3.63, 3.8) is 0 Å². The quantitative estimate of drug-likeness (QED) is 0.863. The standard InChI is InChI=1S/C14H20O4S/c1-2-13-10-12(7-8-18-13)9-11-3-5-14(6-4-11)19(15,16)17/h3-6,12-13H,2,7-10H2,1H3,(H,15,16,17). The maximum atomic E-state index is 11.0. The zero-order chi connectivity index (χ0) is 13.9. The smallest absolute Gasteiger partial charge is 0.294 e. The van der Waals surface area contributed by atoms with Gasteiger partial charge in [-0.15, -0.1) is 0 Å². The van der Waals surface area contributed by atoms with E-state index < -0.39 is 10.1 Å². The molecule has 1 aliphatic heterocycles. The summed E-state index contributed by atoms with van der Waals surface area (Å²) in [6, 6.07) is 6.47. The normalized spacial score (nSPS) is 24.3. The largest absolute Gasteiger partial charge is 0.378 e. The van der Waals surface area contributed by atoms with Crippen LogP contribution in [-0.2, 0) is 21.3 Å². The van der Waals surface area contributed by atoms with Crippen LogP contribution in [0.2, 0.25) is 0 Å². The molecule has 0 aromatic heterocycles. The number of hydrogen-bond donors (Lipinski definition) is 1. The molecule has 106 valence electrons. The van der Waals surface area contributed by atoms with Crippen molar-refractivity contribution < 1.29 is 17.7 Å². The molecule has 1 aliphatic rings. The van der Waals surface area contributed by atoms with Crippen LogP contribution in [0.3, 0.4) is 0 Å². The second kappa shape index (κ2) is 6.03. The lowest BCUT2D eigenvalue weighted by atomic mass is 9.89. The van der Waals surface area contributed by atoms with Crippen molar-refractivity contribution in [3.05, 3.63) is 29.8 Å². The third-order valence-electron chi connectivity index (χ3n) is 3.68. The minimum Gasteiger partial charge on any atom is -0.378 e. The summed E-state index contributed by atoms with van der Waals surface area (Å²) in [6.07, 6.45) is 4.45. The van der Waals surface area contributed by atoms with E-state index in [1.807, 2.05) is 0 Å². The van der Waals surface area contributed by atoms with Gasteiger partial charge in [0.05, 0.1) is 11.0 Å². The summed E-state index contributed by atoms with van der Waals surface area (Å²) in [5.74, 6) is 0.593. The average molecular weight is 284 g/mol. The first kappa shape index (κ1) is 14.5. The Labute approximate surface area is 114 Å². The van der Waals surface area contributed by atoms with Crippen LogP contribution in [-0.4, -0.2) is 25.7 Å². The molecule has 0 aliphatic carbocycles. The molecule has 0 amide bonds. The van der Waals surface area contributed by atoms with Crippen molar-refractivity contribution >= 4 is 10.1 Å². The van der Waals surface area contributed by atoms with Gasteiger partial charge in [0.25, 0.3) is 10.1 Å². The molecule has 1 saturated heterocycles. The van der Waals surface area contributed by atoms with E-state index in [0.29, 0.717) is 12.0 Å². The fraction of sp³-hybridized carbons (Fsp3) is 0.571. The van der Waals surface area contributed by atoms with Crippen molar-refractivity contribution in [1.29, 1.82) is 0 Å². The van der Waals surface area contributed by atoms with Crippen molar-refractivity contribution in [2.24, 2.45) is 5.92 Å². The van der Waals surface area contributed by atoms with Crippen LogP contribution in [0.4, 0.5) is 0 Å². The number of benzene rings is 1. The molecule has 1 aromatic carbocycles. The van der Waals surface area contributed by atoms with E-state index in [1.54, 1.807) is 12.1 Å². The van der Waals surface area contributed by atoms with Crippen LogP contribution >= 0.6 is 0 Å². The summed E-state index contributed by atoms with van der Waals surface area (Å²) in [7, 11) is -4.09. The molecule has 0 spiro atoms. The molecule has 2 atom stereocenters. The lowest BCUT2D eigenvalue weighted by Crippen LogP contribution is -2.26. The van der Waals surface area contributed by atoms with Crippen molar-refractivity contribution in [2.75, 3.05) is 6.61 Å². The van der Waals surface area contributed by atoms with E-state index in [0.717, 1.165) is 37.9 Å². The zero-order valence-corrected chi connectivity index (χ0v) is 11.9. The third kappa shape index (κ3) is 4.03. The maximum Gasteiger partial charge on any atom is 0.294 e. The predicted molar refractivity (Wildman–Crippen MR) is 72.7 cm³/mol. The van der Waals surface area contributed by atoms with Gasteiger partial charge < -0.3 is 4.74 Å². The Morgan fingerprint density at radius 3 is 2.58 bits per heavy atom. The lowest BCUT2D eigenvalue weighted by molar-refractivity contribution is -0.0102. The van der Waals surface area contributed by atoms with Crippen LogP contribution in [0.25, 0.3) is 0 Å².